The first-order chi connectivity index (χ1) is 14.6. The summed E-state index contributed by atoms with van der Waals surface area (Å²) in [6.45, 7) is 4.66. The molecule has 1 saturated heterocycles. The SMILES string of the molecule is Cc1c(Cl)cccc1NC(=O)[C@@H](C)N1CCN(S(=O)(=O)c2cccc([N+](=O)[O-])c2)CC1. The summed E-state index contributed by atoms with van der Waals surface area (Å²) < 4.78 is 27.0. The van der Waals surface area contributed by atoms with Crippen molar-refractivity contribution in [1.29, 1.82) is 0 Å². The monoisotopic (exact) mass is 466 g/mol. The molecule has 0 aliphatic carbocycles. The highest BCUT2D eigenvalue weighted by Gasteiger charge is 2.32. The van der Waals surface area contributed by atoms with Gasteiger partial charge in [0.2, 0.25) is 15.9 Å². The first kappa shape index (κ1) is 23.1. The predicted molar refractivity (Wildman–Crippen MR) is 118 cm³/mol. The number of benzene rings is 2. The van der Waals surface area contributed by atoms with Gasteiger partial charge in [-0.15, -0.1) is 0 Å². The molecule has 1 N–H and O–H groups in total. The van der Waals surface area contributed by atoms with Gasteiger partial charge in [-0.2, -0.15) is 4.31 Å². The summed E-state index contributed by atoms with van der Waals surface area (Å²) in [6, 6.07) is 9.81. The van der Waals surface area contributed by atoms with Crippen molar-refractivity contribution in [1.82, 2.24) is 9.21 Å². The van der Waals surface area contributed by atoms with E-state index in [9.17, 15) is 23.3 Å². The number of nitrogens with zero attached hydrogens (tertiary/aromatic N) is 3. The Morgan fingerprint density at radius 1 is 1.16 bits per heavy atom. The van der Waals surface area contributed by atoms with E-state index in [0.29, 0.717) is 23.8 Å². The van der Waals surface area contributed by atoms with Crippen molar-refractivity contribution >= 4 is 38.9 Å². The Kier molecular flexibility index (Phi) is 6.95. The van der Waals surface area contributed by atoms with Crippen molar-refractivity contribution < 1.29 is 18.1 Å². The summed E-state index contributed by atoms with van der Waals surface area (Å²) in [6.07, 6.45) is 0. The largest absolute Gasteiger partial charge is 0.324 e. The number of rotatable bonds is 6. The van der Waals surface area contributed by atoms with Crippen LogP contribution in [0.2, 0.25) is 5.02 Å². The van der Waals surface area contributed by atoms with Gasteiger partial charge < -0.3 is 5.32 Å². The van der Waals surface area contributed by atoms with Gasteiger partial charge in [-0.3, -0.25) is 19.8 Å². The van der Waals surface area contributed by atoms with E-state index < -0.39 is 21.0 Å². The molecule has 0 saturated carbocycles. The van der Waals surface area contributed by atoms with Crippen LogP contribution in [0.5, 0.6) is 0 Å². The molecule has 1 fully saturated rings. The van der Waals surface area contributed by atoms with Crippen LogP contribution in [0.3, 0.4) is 0 Å². The fraction of sp³-hybridized carbons (Fsp3) is 0.350. The summed E-state index contributed by atoms with van der Waals surface area (Å²) in [5, 5.41) is 14.4. The molecular formula is C20H23ClN4O5S. The maximum atomic E-state index is 12.9. The molecule has 1 heterocycles. The second-order valence-electron chi connectivity index (χ2n) is 7.27. The Bertz CT molecular complexity index is 1100. The van der Waals surface area contributed by atoms with Gasteiger partial charge >= 0.3 is 0 Å². The zero-order valence-electron chi connectivity index (χ0n) is 17.1. The maximum absolute atomic E-state index is 12.9. The molecule has 0 spiro atoms. The molecule has 0 bridgehead atoms. The van der Waals surface area contributed by atoms with Crippen molar-refractivity contribution in [3.05, 3.63) is 63.2 Å². The highest BCUT2D eigenvalue weighted by atomic mass is 35.5. The zero-order valence-corrected chi connectivity index (χ0v) is 18.7. The minimum atomic E-state index is -3.86. The molecular weight excluding hydrogens is 444 g/mol. The average molecular weight is 467 g/mol. The van der Waals surface area contributed by atoms with Crippen LogP contribution in [-0.4, -0.2) is 60.7 Å². The lowest BCUT2D eigenvalue weighted by atomic mass is 10.1. The molecule has 2 aromatic carbocycles. The lowest BCUT2D eigenvalue weighted by Gasteiger charge is -2.36. The molecule has 0 radical (unpaired) electrons. The van der Waals surface area contributed by atoms with E-state index in [-0.39, 0.29) is 29.6 Å². The quantitative estimate of drug-likeness (QED) is 0.517. The Morgan fingerprint density at radius 3 is 2.45 bits per heavy atom. The molecule has 1 amide bonds. The molecule has 0 aromatic heterocycles. The summed E-state index contributed by atoms with van der Waals surface area (Å²) in [7, 11) is -3.86. The van der Waals surface area contributed by atoms with Gasteiger partial charge in [-0.25, -0.2) is 8.42 Å². The lowest BCUT2D eigenvalue weighted by molar-refractivity contribution is -0.385. The fourth-order valence-electron chi connectivity index (χ4n) is 3.38. The molecule has 0 unspecified atom stereocenters. The third-order valence-electron chi connectivity index (χ3n) is 5.39. The molecule has 2 aromatic rings. The maximum Gasteiger partial charge on any atom is 0.270 e. The van der Waals surface area contributed by atoms with Crippen LogP contribution in [0.25, 0.3) is 0 Å². The Balaban J connectivity index is 1.64. The van der Waals surface area contributed by atoms with Gasteiger partial charge in [0.15, 0.2) is 0 Å². The Morgan fingerprint density at radius 2 is 1.81 bits per heavy atom. The number of nitro benzene ring substituents is 1. The van der Waals surface area contributed by atoms with Crippen LogP contribution < -0.4 is 5.32 Å². The molecule has 1 aliphatic rings. The van der Waals surface area contributed by atoms with Crippen LogP contribution in [0.15, 0.2) is 47.4 Å². The number of anilines is 1. The fourth-order valence-corrected chi connectivity index (χ4v) is 5.02. The lowest BCUT2D eigenvalue weighted by Crippen LogP contribution is -2.53. The molecule has 3 rings (SSSR count). The highest BCUT2D eigenvalue weighted by Crippen LogP contribution is 2.24. The van der Waals surface area contributed by atoms with E-state index in [0.717, 1.165) is 11.6 Å². The van der Waals surface area contributed by atoms with Crippen molar-refractivity contribution in [3.63, 3.8) is 0 Å². The van der Waals surface area contributed by atoms with Crippen LogP contribution in [0, 0.1) is 17.0 Å². The summed E-state index contributed by atoms with van der Waals surface area (Å²) >= 11 is 6.10. The van der Waals surface area contributed by atoms with E-state index >= 15 is 0 Å². The van der Waals surface area contributed by atoms with Gasteiger partial charge in [-0.05, 0) is 37.6 Å². The van der Waals surface area contributed by atoms with E-state index in [4.69, 9.17) is 11.6 Å². The molecule has 1 atom stereocenters. The Labute approximate surface area is 185 Å². The van der Waals surface area contributed by atoms with Gasteiger partial charge in [-0.1, -0.05) is 23.7 Å². The number of nitrogens with one attached hydrogen (secondary N) is 1. The molecule has 11 heteroatoms. The predicted octanol–water partition coefficient (Wildman–Crippen LogP) is 2.89. The van der Waals surface area contributed by atoms with Gasteiger partial charge in [0.25, 0.3) is 5.69 Å². The number of piperazine rings is 1. The van der Waals surface area contributed by atoms with Gasteiger partial charge in [0.1, 0.15) is 0 Å². The summed E-state index contributed by atoms with van der Waals surface area (Å²) in [5.74, 6) is -0.208. The number of non-ortho nitro benzene ring substituents is 1. The summed E-state index contributed by atoms with van der Waals surface area (Å²) in [4.78, 5) is 24.8. The Hall–Kier alpha value is -2.53. The van der Waals surface area contributed by atoms with Crippen LogP contribution in [0.4, 0.5) is 11.4 Å². The van der Waals surface area contributed by atoms with E-state index in [1.807, 2.05) is 11.8 Å². The number of hydrogen-bond acceptors (Lipinski definition) is 6. The molecule has 31 heavy (non-hydrogen) atoms. The third kappa shape index (κ3) is 5.04. The number of carbonyl (C=O) groups excluding carboxylic acids is 1. The number of halogens is 1. The molecule has 9 nitrogen and oxygen atoms in total. The van der Waals surface area contributed by atoms with Crippen LogP contribution in [0.1, 0.15) is 12.5 Å². The zero-order chi connectivity index (χ0) is 22.8. The topological polar surface area (TPSA) is 113 Å². The van der Waals surface area contributed by atoms with Crippen molar-refractivity contribution in [2.75, 3.05) is 31.5 Å². The van der Waals surface area contributed by atoms with Crippen molar-refractivity contribution in [2.45, 2.75) is 24.8 Å². The van der Waals surface area contributed by atoms with E-state index in [2.05, 4.69) is 5.32 Å². The first-order valence-electron chi connectivity index (χ1n) is 9.66. The number of hydrogen-bond donors (Lipinski definition) is 1. The van der Waals surface area contributed by atoms with Crippen molar-refractivity contribution in [3.8, 4) is 0 Å². The van der Waals surface area contributed by atoms with E-state index in [1.165, 1.54) is 22.5 Å². The van der Waals surface area contributed by atoms with Gasteiger partial charge in [0, 0.05) is 49.0 Å². The summed E-state index contributed by atoms with van der Waals surface area (Å²) in [5.41, 5.74) is 1.13. The second-order valence-corrected chi connectivity index (χ2v) is 9.62. The highest BCUT2D eigenvalue weighted by molar-refractivity contribution is 7.89. The number of nitro groups is 1. The smallest absolute Gasteiger partial charge is 0.270 e. The normalized spacial score (nSPS) is 16.6. The first-order valence-corrected chi connectivity index (χ1v) is 11.5. The minimum Gasteiger partial charge on any atom is -0.324 e. The van der Waals surface area contributed by atoms with Crippen LogP contribution >= 0.6 is 11.6 Å². The molecule has 1 aliphatic heterocycles. The average Bonchev–Trinajstić information content (AvgIpc) is 2.76. The number of amides is 1. The van der Waals surface area contributed by atoms with E-state index in [1.54, 1.807) is 25.1 Å². The standard InChI is InChI=1S/C20H23ClN4O5S/c1-14-18(21)7-4-8-19(14)22-20(26)15(2)23-9-11-24(12-10-23)31(29,30)17-6-3-5-16(13-17)25(27)28/h3-8,13,15H,9-12H2,1-2H3,(H,22,26)/t15-/m1/s1. The van der Waals surface area contributed by atoms with Gasteiger partial charge in [0.05, 0.1) is 15.9 Å². The number of carbonyl (C=O) groups is 1. The van der Waals surface area contributed by atoms with Crippen molar-refractivity contribution in [2.24, 2.45) is 0 Å². The number of sulfonamides is 1. The van der Waals surface area contributed by atoms with Crippen LogP contribution in [-0.2, 0) is 14.8 Å². The third-order valence-corrected chi connectivity index (χ3v) is 7.70. The second kappa shape index (κ2) is 9.31. The minimum absolute atomic E-state index is 0.114. The molecule has 166 valence electrons.